The summed E-state index contributed by atoms with van der Waals surface area (Å²) < 4.78 is 146. The molecule has 0 spiro atoms. The molecular weight excluding hydrogens is 1260 g/mol. The number of nitrogen functional groups attached to an aromatic ring is 1. The number of esters is 2. The van der Waals surface area contributed by atoms with Crippen LogP contribution in [0.3, 0.4) is 0 Å². The summed E-state index contributed by atoms with van der Waals surface area (Å²) in [5, 5.41) is 20.1. The highest BCUT2D eigenvalue weighted by Crippen LogP contribution is 2.39. The van der Waals surface area contributed by atoms with Gasteiger partial charge in [0.05, 0.1) is 58.4 Å². The van der Waals surface area contributed by atoms with Crippen molar-refractivity contribution in [2.24, 2.45) is 12.1 Å². The standard InChI is InChI=1S/C16H18Cl2N2O4.C14H13F3N2O4S.C12H8F3N5O3S.C6H4Cl2N2O2/c1-4-23-14(21)12-9-16(3,15(22)24-5-2)20(19-12)13-7-6-10(17)8-11(13)18;1-7-11(13(21)19(2)18-7)12(20)9-5-4-8(14(15,16)17)6-10(9)24(3,22)23;1-23-12-16-5-8(15)10-17-11(18-20(10)12)24(21,22)19-9-6(13)3-2-4-7(9)14;7-3-1-2(9)4(8)5(10-3)6(11)12/h6-8H,4-5,9H2,1-3H3;4-6,18H,1-3H3;2-5,19H,1H3;1H,(H2,9,10)(H,11,12). The zero-order valence-corrected chi connectivity index (χ0v) is 48.7. The number of nitrogens with one attached hydrogen (secondary N) is 2. The number of carbonyl (C=O) groups is 4. The lowest BCUT2D eigenvalue weighted by molar-refractivity contribution is -0.148. The number of ether oxygens (including phenoxy) is 3. The summed E-state index contributed by atoms with van der Waals surface area (Å²) in [7, 11) is -6.14. The van der Waals surface area contributed by atoms with Gasteiger partial charge in [0.1, 0.15) is 33.8 Å². The molecule has 0 saturated carbocycles. The van der Waals surface area contributed by atoms with Gasteiger partial charge in [-0.3, -0.25) is 24.1 Å². The number of anilines is 3. The number of para-hydroxylation sites is 1. The highest BCUT2D eigenvalue weighted by atomic mass is 35.5. The van der Waals surface area contributed by atoms with Gasteiger partial charge in [0.15, 0.2) is 32.5 Å². The second-order valence-corrected chi connectivity index (χ2v) is 22.2. The zero-order valence-electron chi connectivity index (χ0n) is 44.1. The van der Waals surface area contributed by atoms with Crippen molar-refractivity contribution in [3.8, 4) is 6.01 Å². The van der Waals surface area contributed by atoms with Crippen molar-refractivity contribution < 1.29 is 81.7 Å². The molecule has 1 aliphatic heterocycles. The first kappa shape index (κ1) is 66.8. The van der Waals surface area contributed by atoms with Gasteiger partial charge in [-0.1, -0.05) is 52.5 Å². The van der Waals surface area contributed by atoms with Crippen LogP contribution in [0.2, 0.25) is 20.2 Å². The first-order valence-corrected chi connectivity index (χ1v) is 28.1. The Balaban J connectivity index is 0.000000210. The molecule has 1 unspecified atom stereocenters. The number of aryl methyl sites for hydroxylation is 2. The summed E-state index contributed by atoms with van der Waals surface area (Å²) in [5.74, 6) is -6.50. The van der Waals surface area contributed by atoms with Crippen molar-refractivity contribution in [2.75, 3.05) is 42.0 Å². The Morgan fingerprint density at radius 2 is 1.55 bits per heavy atom. The molecule has 0 fully saturated rings. The number of methoxy groups -OCH3 is 1. The molecule has 1 aliphatic rings. The summed E-state index contributed by atoms with van der Waals surface area (Å²) in [5.41, 5.74) is 0.625. The number of rotatable bonds is 13. The van der Waals surface area contributed by atoms with Gasteiger partial charge in [0.2, 0.25) is 5.78 Å². The van der Waals surface area contributed by atoms with E-state index in [1.807, 2.05) is 0 Å². The van der Waals surface area contributed by atoms with Gasteiger partial charge in [-0.05, 0) is 82.3 Å². The Bertz CT molecular complexity index is 4040. The number of aromatic carboxylic acids is 1. The lowest BCUT2D eigenvalue weighted by atomic mass is 9.95. The number of carboxylic acids is 1. The van der Waals surface area contributed by atoms with Crippen molar-refractivity contribution in [3.63, 3.8) is 0 Å². The third-order valence-electron chi connectivity index (χ3n) is 11.0. The maximum absolute atomic E-state index is 13.7. The fraction of sp³-hybridized carbons (Fsp3) is 0.250. The second kappa shape index (κ2) is 26.7. The van der Waals surface area contributed by atoms with E-state index in [1.54, 1.807) is 43.7 Å². The molecule has 24 nitrogen and oxygen atoms in total. The molecule has 36 heteroatoms. The summed E-state index contributed by atoms with van der Waals surface area (Å²) in [4.78, 5) is 69.3. The number of halogens is 10. The molecule has 0 saturated heterocycles. The minimum atomic E-state index is -4.76. The van der Waals surface area contributed by atoms with Crippen LogP contribution < -0.4 is 25.8 Å². The van der Waals surface area contributed by atoms with Gasteiger partial charge in [-0.15, -0.1) is 5.10 Å². The number of hydrogen-bond acceptors (Lipinski definition) is 19. The number of ketones is 1. The van der Waals surface area contributed by atoms with Gasteiger partial charge in [0.25, 0.3) is 20.7 Å². The molecule has 0 radical (unpaired) electrons. The number of nitrogens with two attached hydrogens (primary N) is 1. The predicted molar refractivity (Wildman–Crippen MR) is 292 cm³/mol. The summed E-state index contributed by atoms with van der Waals surface area (Å²) in [6.45, 7) is 6.92. The molecule has 7 aromatic rings. The number of pyridine rings is 1. The maximum Gasteiger partial charge on any atom is 0.416 e. The SMILES string of the molecule is CCOC(=O)C1=NN(c2ccc(Cl)cc2Cl)C(C)(C(=O)OCC)C1.COc1ncc(F)c2nc(S(=O)(=O)Nc3c(F)cccc3F)nn12.Cc1[nH]n(C)c(=O)c1C(=O)c1ccc(C(F)(F)F)cc1S(C)(=O)=O.Nc1cc(Cl)nc(C(=O)O)c1Cl. The summed E-state index contributed by atoms with van der Waals surface area (Å²) >= 11 is 23.2. The van der Waals surface area contributed by atoms with Crippen LogP contribution in [0.15, 0.2) is 86.8 Å². The van der Waals surface area contributed by atoms with E-state index in [0.717, 1.165) is 35.1 Å². The van der Waals surface area contributed by atoms with E-state index in [4.69, 9.17) is 71.5 Å². The first-order valence-electron chi connectivity index (χ1n) is 23.2. The van der Waals surface area contributed by atoms with Gasteiger partial charge in [-0.2, -0.15) is 36.2 Å². The normalized spacial score (nSPS) is 14.0. The van der Waals surface area contributed by atoms with Crippen LogP contribution in [0.4, 0.5) is 43.4 Å². The Morgan fingerprint density at radius 3 is 2.08 bits per heavy atom. The number of hydrazone groups is 1. The third kappa shape index (κ3) is 15.2. The summed E-state index contributed by atoms with van der Waals surface area (Å²) in [6, 6.07) is 10.4. The van der Waals surface area contributed by atoms with Gasteiger partial charge >= 0.3 is 30.1 Å². The predicted octanol–water partition coefficient (Wildman–Crippen LogP) is 8.14. The Labute approximate surface area is 491 Å². The molecule has 8 rings (SSSR count). The van der Waals surface area contributed by atoms with E-state index in [9.17, 15) is 67.2 Å². The lowest BCUT2D eigenvalue weighted by Gasteiger charge is -2.32. The van der Waals surface area contributed by atoms with Crippen molar-refractivity contribution in [1.29, 1.82) is 0 Å². The molecular formula is C48H43Cl4F6N11O13S2. The number of fused-ring (bicyclic) bond motifs is 1. The molecule has 5 heterocycles. The fourth-order valence-corrected chi connectivity index (χ4v) is 9.91. The second-order valence-electron chi connectivity index (χ2n) is 17.1. The quantitative estimate of drug-likeness (QED) is 0.0366. The topological polar surface area (TPSA) is 332 Å². The van der Waals surface area contributed by atoms with Crippen LogP contribution in [0.5, 0.6) is 6.01 Å². The molecule has 450 valence electrons. The number of aromatic amines is 1. The number of alkyl halides is 3. The number of sulfone groups is 1. The number of carboxylic acid groups (broad SMARTS) is 1. The van der Waals surface area contributed by atoms with Crippen molar-refractivity contribution in [1.82, 2.24) is 34.3 Å². The van der Waals surface area contributed by atoms with Crippen LogP contribution >= 0.6 is 46.4 Å². The van der Waals surface area contributed by atoms with Crippen LogP contribution in [-0.4, -0.2) is 118 Å². The number of nitrogens with zero attached hydrogens (tertiary/aromatic N) is 8. The average molecular weight is 1300 g/mol. The van der Waals surface area contributed by atoms with E-state index in [0.29, 0.717) is 38.6 Å². The fourth-order valence-electron chi connectivity index (χ4n) is 7.19. The third-order valence-corrected chi connectivity index (χ3v) is 14.4. The van der Waals surface area contributed by atoms with Crippen LogP contribution in [0.25, 0.3) is 5.65 Å². The molecule has 84 heavy (non-hydrogen) atoms. The number of H-pyrrole nitrogens is 1. The van der Waals surface area contributed by atoms with Crippen LogP contribution in [0.1, 0.15) is 64.9 Å². The summed E-state index contributed by atoms with van der Waals surface area (Å²) in [6.07, 6.45) is -3.24. The van der Waals surface area contributed by atoms with E-state index < -0.39 is 111 Å². The van der Waals surface area contributed by atoms with Crippen molar-refractivity contribution in [2.45, 2.75) is 55.9 Å². The van der Waals surface area contributed by atoms with Gasteiger partial charge < -0.3 is 25.1 Å². The van der Waals surface area contributed by atoms with E-state index in [1.165, 1.54) is 32.2 Å². The average Bonchev–Trinajstić information content (AvgIpc) is 1.94. The Morgan fingerprint density at radius 1 is 0.917 bits per heavy atom. The maximum atomic E-state index is 13.7. The Hall–Kier alpha value is -8.04. The molecule has 4 aromatic heterocycles. The minimum Gasteiger partial charge on any atom is -0.476 e. The van der Waals surface area contributed by atoms with Crippen LogP contribution in [0, 0.1) is 24.4 Å². The van der Waals surface area contributed by atoms with Crippen molar-refractivity contribution in [3.05, 3.63) is 143 Å². The molecule has 1 atom stereocenters. The smallest absolute Gasteiger partial charge is 0.416 e. The Kier molecular flexibility index (Phi) is 21.2. The van der Waals surface area contributed by atoms with Gasteiger partial charge in [0, 0.05) is 36.0 Å². The number of carbonyl (C=O) groups excluding carboxylic acids is 3. The minimum absolute atomic E-state index is 0.00861. The van der Waals surface area contributed by atoms with Gasteiger partial charge in [-0.25, -0.2) is 50.9 Å². The largest absolute Gasteiger partial charge is 0.476 e. The monoisotopic (exact) mass is 1300 g/mol. The zero-order chi connectivity index (χ0) is 63.1. The first-order chi connectivity index (χ1) is 39.0. The number of benzene rings is 3. The van der Waals surface area contributed by atoms with E-state index in [2.05, 4.69) is 30.3 Å². The van der Waals surface area contributed by atoms with Crippen molar-refractivity contribution >= 4 is 118 Å². The molecule has 0 amide bonds. The molecule has 0 aliphatic carbocycles. The number of hydrogen-bond donors (Lipinski definition) is 4. The molecule has 3 aromatic carbocycles. The highest BCUT2D eigenvalue weighted by Gasteiger charge is 2.49. The highest BCUT2D eigenvalue weighted by molar-refractivity contribution is 7.92. The number of sulfonamides is 1. The van der Waals surface area contributed by atoms with E-state index >= 15 is 0 Å². The molecule has 5 N–H and O–H groups in total. The number of aromatic nitrogens is 7. The van der Waals surface area contributed by atoms with E-state index in [-0.39, 0.29) is 64.2 Å². The molecule has 0 bridgehead atoms. The van der Waals surface area contributed by atoms with Crippen LogP contribution in [-0.2, 0) is 52.1 Å². The lowest BCUT2D eigenvalue weighted by Crippen LogP contribution is -2.48.